The van der Waals surface area contributed by atoms with Crippen molar-refractivity contribution in [2.75, 3.05) is 31.1 Å². The number of nitrogens with one attached hydrogen (secondary N) is 1. The van der Waals surface area contributed by atoms with Gasteiger partial charge in [0.1, 0.15) is 11.9 Å². The molecule has 0 bridgehead atoms. The molecule has 3 aliphatic heterocycles. The Balaban J connectivity index is 1.11. The predicted molar refractivity (Wildman–Crippen MR) is 172 cm³/mol. The van der Waals surface area contributed by atoms with Crippen molar-refractivity contribution in [2.24, 2.45) is 9.98 Å². The van der Waals surface area contributed by atoms with E-state index in [2.05, 4.69) is 22.3 Å². The van der Waals surface area contributed by atoms with E-state index in [9.17, 15) is 14.4 Å². The highest BCUT2D eigenvalue weighted by molar-refractivity contribution is 8.15. The highest BCUT2D eigenvalue weighted by Gasteiger charge is 2.42. The lowest BCUT2D eigenvalue weighted by Crippen LogP contribution is -2.49. The summed E-state index contributed by atoms with van der Waals surface area (Å²) in [4.78, 5) is 55.7. The Labute approximate surface area is 257 Å². The smallest absolute Gasteiger partial charge is 0.259 e. The van der Waals surface area contributed by atoms with Gasteiger partial charge in [0.05, 0.1) is 10.9 Å². The second kappa shape index (κ2) is 13.3. The first kappa shape index (κ1) is 29.4. The van der Waals surface area contributed by atoms with Gasteiger partial charge >= 0.3 is 0 Å². The van der Waals surface area contributed by atoms with E-state index < -0.39 is 6.04 Å². The van der Waals surface area contributed by atoms with Crippen LogP contribution < -0.4 is 10.2 Å². The molecule has 0 spiro atoms. The molecule has 0 aromatic heterocycles. The van der Waals surface area contributed by atoms with E-state index in [1.54, 1.807) is 4.90 Å². The van der Waals surface area contributed by atoms with Crippen molar-refractivity contribution < 1.29 is 14.4 Å². The van der Waals surface area contributed by atoms with Crippen molar-refractivity contribution in [3.8, 4) is 0 Å². The summed E-state index contributed by atoms with van der Waals surface area (Å²) in [6, 6.07) is 17.5. The van der Waals surface area contributed by atoms with Gasteiger partial charge < -0.3 is 15.1 Å². The zero-order valence-electron chi connectivity index (χ0n) is 24.8. The summed E-state index contributed by atoms with van der Waals surface area (Å²) in [5.74, 6) is 0.440. The number of anilines is 1. The molecule has 3 heterocycles. The number of nitrogens with zero attached hydrogens (tertiary/aromatic N) is 5. The molecule has 1 N–H and O–H groups in total. The number of thioether (sulfide) groups is 1. The molecule has 9 nitrogen and oxygen atoms in total. The number of para-hydroxylation sites is 2. The van der Waals surface area contributed by atoms with Gasteiger partial charge in [-0.3, -0.25) is 19.4 Å². The Morgan fingerprint density at radius 1 is 0.977 bits per heavy atom. The van der Waals surface area contributed by atoms with Crippen molar-refractivity contribution in [3.63, 3.8) is 0 Å². The summed E-state index contributed by atoms with van der Waals surface area (Å²) in [6.45, 7) is 4.89. The second-order valence-electron chi connectivity index (χ2n) is 11.7. The van der Waals surface area contributed by atoms with Gasteiger partial charge in [0.25, 0.3) is 5.91 Å². The van der Waals surface area contributed by atoms with Gasteiger partial charge in [-0.15, -0.1) is 0 Å². The largest absolute Gasteiger partial charge is 0.368 e. The van der Waals surface area contributed by atoms with Crippen LogP contribution in [0, 0.1) is 0 Å². The minimum absolute atomic E-state index is 0.000557. The van der Waals surface area contributed by atoms with Crippen molar-refractivity contribution in [1.29, 1.82) is 0 Å². The number of hydrogen-bond donors (Lipinski definition) is 1. The summed E-state index contributed by atoms with van der Waals surface area (Å²) in [5, 5.41) is 3.36. The van der Waals surface area contributed by atoms with E-state index in [-0.39, 0.29) is 35.4 Å². The fourth-order valence-corrected chi connectivity index (χ4v) is 7.36. The molecule has 1 saturated carbocycles. The maximum Gasteiger partial charge on any atom is 0.259 e. The molecule has 43 heavy (non-hydrogen) atoms. The Bertz CT molecular complexity index is 1400. The third-order valence-corrected chi connectivity index (χ3v) is 10.1. The van der Waals surface area contributed by atoms with Gasteiger partial charge in [0, 0.05) is 49.9 Å². The Morgan fingerprint density at radius 2 is 1.70 bits per heavy atom. The topological polar surface area (TPSA) is 97.7 Å². The number of hydrogen-bond acceptors (Lipinski definition) is 7. The van der Waals surface area contributed by atoms with E-state index in [1.807, 2.05) is 54.3 Å². The van der Waals surface area contributed by atoms with Gasteiger partial charge in [-0.1, -0.05) is 68.3 Å². The lowest BCUT2D eigenvalue weighted by Gasteiger charge is -2.36. The standard InChI is InChI=1S/C33H40N6O3S/c1-2-28(31(41)34-23-11-5-3-6-12-23)43-33-36-26-16-10-9-15-25(26)30-35-27(32(42)39(30)33)17-18-29(40)38-21-19-37(20-22-38)24-13-7-4-8-14-24/h4,7-10,13-16,23,27-28H,2-3,5-6,11-12,17-22H2,1H3,(H,34,41). The number of aliphatic imine (C=N–C) groups is 2. The zero-order valence-corrected chi connectivity index (χ0v) is 25.6. The molecule has 1 aliphatic carbocycles. The van der Waals surface area contributed by atoms with Gasteiger partial charge in [0.2, 0.25) is 11.8 Å². The van der Waals surface area contributed by atoms with Crippen LogP contribution in [0.1, 0.15) is 63.9 Å². The van der Waals surface area contributed by atoms with Gasteiger partial charge in [-0.2, -0.15) is 0 Å². The van der Waals surface area contributed by atoms with Crippen LogP contribution in [0.5, 0.6) is 0 Å². The number of fused-ring (bicyclic) bond motifs is 3. The highest BCUT2D eigenvalue weighted by Crippen LogP contribution is 2.36. The minimum Gasteiger partial charge on any atom is -0.368 e. The Kier molecular flexibility index (Phi) is 9.11. The van der Waals surface area contributed by atoms with Crippen LogP contribution in [0.25, 0.3) is 0 Å². The number of amidine groups is 2. The van der Waals surface area contributed by atoms with E-state index in [4.69, 9.17) is 9.98 Å². The number of rotatable bonds is 8. The van der Waals surface area contributed by atoms with Crippen molar-refractivity contribution in [2.45, 2.75) is 75.6 Å². The SMILES string of the molecule is CCC(SC1=Nc2ccccc2C2=NC(CCC(=O)N3CCN(c4ccccc4)CC3)C(=O)N12)C(=O)NC1CCCCC1. The summed E-state index contributed by atoms with van der Waals surface area (Å²) in [7, 11) is 0. The van der Waals surface area contributed by atoms with E-state index in [1.165, 1.54) is 23.9 Å². The average Bonchev–Trinajstić information content (AvgIpc) is 3.39. The summed E-state index contributed by atoms with van der Waals surface area (Å²) < 4.78 is 0. The maximum absolute atomic E-state index is 13.8. The molecule has 1 saturated heterocycles. The van der Waals surface area contributed by atoms with Crippen LogP contribution >= 0.6 is 11.8 Å². The van der Waals surface area contributed by atoms with E-state index in [0.29, 0.717) is 36.9 Å². The molecule has 2 fully saturated rings. The molecule has 0 radical (unpaired) electrons. The van der Waals surface area contributed by atoms with Gasteiger partial charge in [-0.25, -0.2) is 9.89 Å². The third kappa shape index (κ3) is 6.49. The van der Waals surface area contributed by atoms with Gasteiger partial charge in [-0.05, 0) is 49.9 Å². The Morgan fingerprint density at radius 3 is 2.44 bits per heavy atom. The molecule has 226 valence electrons. The molecule has 3 amide bonds. The first-order chi connectivity index (χ1) is 21.0. The number of carbonyl (C=O) groups excluding carboxylic acids is 3. The second-order valence-corrected chi connectivity index (χ2v) is 12.8. The molecule has 2 unspecified atom stereocenters. The molecule has 10 heteroatoms. The maximum atomic E-state index is 13.8. The van der Waals surface area contributed by atoms with Crippen molar-refractivity contribution in [1.82, 2.24) is 15.1 Å². The normalized spacial score (nSPS) is 21.1. The summed E-state index contributed by atoms with van der Waals surface area (Å²) in [5.41, 5.74) is 2.71. The fourth-order valence-electron chi connectivity index (χ4n) is 6.33. The number of piperazine rings is 1. The monoisotopic (exact) mass is 600 g/mol. The van der Waals surface area contributed by atoms with Crippen LogP contribution in [0.15, 0.2) is 64.6 Å². The van der Waals surface area contributed by atoms with Gasteiger partial charge in [0.15, 0.2) is 5.17 Å². The molecule has 2 atom stereocenters. The first-order valence-corrected chi connectivity index (χ1v) is 16.5. The lowest BCUT2D eigenvalue weighted by molar-refractivity contribution is -0.132. The van der Waals surface area contributed by atoms with Crippen LogP contribution in [-0.2, 0) is 14.4 Å². The average molecular weight is 601 g/mol. The third-order valence-electron chi connectivity index (χ3n) is 8.80. The first-order valence-electron chi connectivity index (χ1n) is 15.7. The van der Waals surface area contributed by atoms with E-state index in [0.717, 1.165) is 50.0 Å². The number of amides is 3. The van der Waals surface area contributed by atoms with Crippen LogP contribution in [0.2, 0.25) is 0 Å². The highest BCUT2D eigenvalue weighted by atomic mass is 32.2. The van der Waals surface area contributed by atoms with Crippen LogP contribution in [-0.4, -0.2) is 82.0 Å². The predicted octanol–water partition coefficient (Wildman–Crippen LogP) is 4.73. The van der Waals surface area contributed by atoms with Crippen molar-refractivity contribution >= 4 is 51.9 Å². The molecule has 6 rings (SSSR count). The zero-order chi connectivity index (χ0) is 29.8. The summed E-state index contributed by atoms with van der Waals surface area (Å²) >= 11 is 1.34. The van der Waals surface area contributed by atoms with Crippen LogP contribution in [0.4, 0.5) is 11.4 Å². The molecular formula is C33H40N6O3S. The summed E-state index contributed by atoms with van der Waals surface area (Å²) in [6.07, 6.45) is 6.78. The molecular weight excluding hydrogens is 560 g/mol. The lowest BCUT2D eigenvalue weighted by atomic mass is 9.95. The fraction of sp³-hybridized carbons (Fsp3) is 0.485. The van der Waals surface area contributed by atoms with E-state index >= 15 is 0 Å². The minimum atomic E-state index is -0.655. The quantitative estimate of drug-likeness (QED) is 0.472. The number of benzene rings is 2. The molecule has 2 aromatic rings. The molecule has 4 aliphatic rings. The number of carbonyl (C=O) groups is 3. The Hall–Kier alpha value is -3.66. The molecule has 2 aromatic carbocycles. The van der Waals surface area contributed by atoms with Crippen molar-refractivity contribution in [3.05, 3.63) is 60.2 Å². The van der Waals surface area contributed by atoms with Crippen LogP contribution in [0.3, 0.4) is 0 Å².